The Morgan fingerprint density at radius 3 is 2.15 bits per heavy atom. The second kappa shape index (κ2) is 7.56. The van der Waals surface area contributed by atoms with E-state index >= 15 is 0 Å². The molecule has 5 aliphatic rings. The number of carbonyl (C=O) groups is 2. The zero-order valence-electron chi connectivity index (χ0n) is 22.7. The highest BCUT2D eigenvalue weighted by Crippen LogP contribution is 2.77. The molecule has 5 rings (SSSR count). The van der Waals surface area contributed by atoms with E-state index in [0.29, 0.717) is 17.8 Å². The van der Waals surface area contributed by atoms with Gasteiger partial charge >= 0.3 is 5.97 Å². The highest BCUT2D eigenvalue weighted by molar-refractivity contribution is 5.84. The van der Waals surface area contributed by atoms with E-state index in [0.717, 1.165) is 44.9 Å². The minimum Gasteiger partial charge on any atom is -0.469 e. The smallest absolute Gasteiger partial charge is 0.312 e. The van der Waals surface area contributed by atoms with E-state index in [2.05, 4.69) is 34.6 Å². The third kappa shape index (κ3) is 2.81. The van der Waals surface area contributed by atoms with Crippen molar-refractivity contribution in [2.75, 3.05) is 7.11 Å². The molecule has 0 heterocycles. The lowest BCUT2D eigenvalue weighted by Crippen LogP contribution is -2.67. The molecule has 5 saturated carbocycles. The van der Waals surface area contributed by atoms with Crippen LogP contribution in [-0.4, -0.2) is 30.1 Å². The summed E-state index contributed by atoms with van der Waals surface area (Å²) >= 11 is 0. The van der Waals surface area contributed by atoms with Gasteiger partial charge < -0.3 is 9.84 Å². The molecule has 0 saturated heterocycles. The molecule has 0 spiro atoms. The van der Waals surface area contributed by atoms with Crippen LogP contribution in [0.25, 0.3) is 0 Å². The number of hydrogen-bond donors (Lipinski definition) is 1. The molecule has 0 bridgehead atoms. The number of ether oxygens (including phenoxy) is 1. The Balaban J connectivity index is 1.56. The van der Waals surface area contributed by atoms with Gasteiger partial charge in [-0.15, -0.1) is 0 Å². The van der Waals surface area contributed by atoms with E-state index in [4.69, 9.17) is 4.74 Å². The number of fused-ring (bicyclic) bond motifs is 7. The van der Waals surface area contributed by atoms with Gasteiger partial charge in [0.1, 0.15) is 5.78 Å². The van der Waals surface area contributed by atoms with Crippen molar-refractivity contribution < 1.29 is 19.4 Å². The number of aliphatic hydroxyl groups excluding tert-OH is 1. The second-order valence-corrected chi connectivity index (χ2v) is 14.5. The molecule has 0 aromatic rings. The highest BCUT2D eigenvalue weighted by Gasteiger charge is 2.72. The quantitative estimate of drug-likeness (QED) is 0.487. The molecule has 34 heavy (non-hydrogen) atoms. The van der Waals surface area contributed by atoms with Gasteiger partial charge in [-0.2, -0.15) is 0 Å². The summed E-state index contributed by atoms with van der Waals surface area (Å²) in [6.07, 6.45) is 10.1. The van der Waals surface area contributed by atoms with Gasteiger partial charge in [0.05, 0.1) is 18.6 Å². The van der Waals surface area contributed by atoms with E-state index in [1.807, 2.05) is 0 Å². The Morgan fingerprint density at radius 1 is 0.794 bits per heavy atom. The molecule has 0 aromatic heterocycles. The predicted molar refractivity (Wildman–Crippen MR) is 133 cm³/mol. The van der Waals surface area contributed by atoms with Crippen LogP contribution in [0.4, 0.5) is 0 Å². The molecule has 192 valence electrons. The molecule has 0 aliphatic heterocycles. The van der Waals surface area contributed by atoms with Crippen LogP contribution in [0.3, 0.4) is 0 Å². The van der Waals surface area contributed by atoms with Crippen LogP contribution < -0.4 is 0 Å². The maximum atomic E-state index is 13.3. The Morgan fingerprint density at radius 2 is 1.50 bits per heavy atom. The Bertz CT molecular complexity index is 879. The van der Waals surface area contributed by atoms with E-state index in [1.54, 1.807) is 6.92 Å². The van der Waals surface area contributed by atoms with Crippen molar-refractivity contribution >= 4 is 11.8 Å². The number of aliphatic hydroxyl groups is 1. The lowest BCUT2D eigenvalue weighted by molar-refractivity contribution is -0.248. The lowest BCUT2D eigenvalue weighted by atomic mass is 9.32. The minimum absolute atomic E-state index is 0.000406. The van der Waals surface area contributed by atoms with Gasteiger partial charge in [0.15, 0.2) is 0 Å². The standard InChI is InChI=1S/C30H48O4/c1-18(31)19-10-15-30(25(33)34-7)17-16-28(5)20(24(19)30)8-9-22-27(4)13-12-23(32)26(2,3)21(27)11-14-29(22,28)6/h19-24,32H,8-17H2,1-7H3/t19-,20+,21-,22+,23-,24+,27-,28+,29+,30-/m0/s1. The van der Waals surface area contributed by atoms with E-state index in [-0.39, 0.29) is 51.4 Å². The zero-order valence-corrected chi connectivity index (χ0v) is 22.7. The lowest BCUT2D eigenvalue weighted by Gasteiger charge is -2.72. The first kappa shape index (κ1) is 24.8. The first-order valence-corrected chi connectivity index (χ1v) is 14.1. The van der Waals surface area contributed by atoms with Crippen LogP contribution in [0.15, 0.2) is 0 Å². The summed E-state index contributed by atoms with van der Waals surface area (Å²) in [5.74, 6) is 1.93. The van der Waals surface area contributed by atoms with Crippen LogP contribution in [0.1, 0.15) is 106 Å². The molecule has 1 N–H and O–H groups in total. The van der Waals surface area contributed by atoms with Gasteiger partial charge in [0.25, 0.3) is 0 Å². The van der Waals surface area contributed by atoms with Gasteiger partial charge in [0, 0.05) is 5.92 Å². The second-order valence-electron chi connectivity index (χ2n) is 14.5. The van der Waals surface area contributed by atoms with Crippen molar-refractivity contribution in [1.29, 1.82) is 0 Å². The van der Waals surface area contributed by atoms with Crippen molar-refractivity contribution in [3.63, 3.8) is 0 Å². The van der Waals surface area contributed by atoms with E-state index in [9.17, 15) is 14.7 Å². The molecular formula is C30H48O4. The maximum absolute atomic E-state index is 13.3. The van der Waals surface area contributed by atoms with Gasteiger partial charge in [-0.1, -0.05) is 34.6 Å². The summed E-state index contributed by atoms with van der Waals surface area (Å²) in [5.41, 5.74) is 0.0761. The fourth-order valence-electron chi connectivity index (χ4n) is 11.6. The van der Waals surface area contributed by atoms with Crippen LogP contribution in [0, 0.1) is 56.7 Å². The van der Waals surface area contributed by atoms with Crippen molar-refractivity contribution in [3.8, 4) is 0 Å². The van der Waals surface area contributed by atoms with Gasteiger partial charge in [-0.05, 0) is 116 Å². The van der Waals surface area contributed by atoms with Crippen molar-refractivity contribution in [3.05, 3.63) is 0 Å². The third-order valence-electron chi connectivity index (χ3n) is 13.5. The normalized spacial score (nSPS) is 53.6. The van der Waals surface area contributed by atoms with Crippen LogP contribution in [0.2, 0.25) is 0 Å². The molecule has 5 fully saturated rings. The van der Waals surface area contributed by atoms with Crippen molar-refractivity contribution in [2.45, 2.75) is 112 Å². The van der Waals surface area contributed by atoms with E-state index < -0.39 is 5.41 Å². The molecule has 4 nitrogen and oxygen atoms in total. The molecule has 5 aliphatic carbocycles. The Labute approximate surface area is 207 Å². The third-order valence-corrected chi connectivity index (χ3v) is 13.5. The molecule has 0 radical (unpaired) electrons. The minimum atomic E-state index is -0.462. The first-order valence-electron chi connectivity index (χ1n) is 14.1. The summed E-state index contributed by atoms with van der Waals surface area (Å²) in [5, 5.41) is 10.9. The van der Waals surface area contributed by atoms with Gasteiger partial charge in [0.2, 0.25) is 0 Å². The van der Waals surface area contributed by atoms with Crippen LogP contribution >= 0.6 is 0 Å². The fraction of sp³-hybridized carbons (Fsp3) is 0.933. The largest absolute Gasteiger partial charge is 0.469 e. The average Bonchev–Trinajstić information content (AvgIpc) is 3.18. The summed E-state index contributed by atoms with van der Waals surface area (Å²) in [6.45, 7) is 14.0. The molecule has 10 atom stereocenters. The number of hydrogen-bond acceptors (Lipinski definition) is 4. The summed E-state index contributed by atoms with van der Waals surface area (Å²) < 4.78 is 5.41. The van der Waals surface area contributed by atoms with Crippen LogP contribution in [-0.2, 0) is 14.3 Å². The maximum Gasteiger partial charge on any atom is 0.312 e. The topological polar surface area (TPSA) is 63.6 Å². The summed E-state index contributed by atoms with van der Waals surface area (Å²) in [7, 11) is 1.53. The highest BCUT2D eigenvalue weighted by atomic mass is 16.5. The average molecular weight is 473 g/mol. The molecule has 0 unspecified atom stereocenters. The summed E-state index contributed by atoms with van der Waals surface area (Å²) in [4.78, 5) is 26.1. The molecule has 0 aromatic carbocycles. The number of methoxy groups -OCH3 is 1. The number of rotatable bonds is 2. The van der Waals surface area contributed by atoms with Crippen LogP contribution in [0.5, 0.6) is 0 Å². The SMILES string of the molecule is COC(=O)[C@]12CC[C@@H](C(C)=O)[C@@H]1[C@H]1CC[C@@H]3[C@@]4(C)CC[C@H](O)C(C)(C)[C@@H]4CC[C@@]3(C)[C@]1(C)CC2. The van der Waals surface area contributed by atoms with Crippen molar-refractivity contribution in [1.82, 2.24) is 0 Å². The Hall–Kier alpha value is -0.900. The van der Waals surface area contributed by atoms with Gasteiger partial charge in [-0.3, -0.25) is 9.59 Å². The predicted octanol–water partition coefficient (Wildman–Crippen LogP) is 6.19. The number of esters is 1. The Kier molecular flexibility index (Phi) is 5.51. The fourth-order valence-corrected chi connectivity index (χ4v) is 11.6. The number of Topliss-reactive ketones (excluding diaryl/α,β-unsaturated/α-hetero) is 1. The summed E-state index contributed by atoms with van der Waals surface area (Å²) in [6, 6.07) is 0. The first-order chi connectivity index (χ1) is 15.8. The van der Waals surface area contributed by atoms with Crippen molar-refractivity contribution in [2.24, 2.45) is 56.7 Å². The zero-order chi connectivity index (χ0) is 24.9. The molecule has 4 heteroatoms. The van der Waals surface area contributed by atoms with Gasteiger partial charge in [-0.25, -0.2) is 0 Å². The molecule has 0 amide bonds. The number of carbonyl (C=O) groups excluding carboxylic acids is 2. The van der Waals surface area contributed by atoms with E-state index in [1.165, 1.54) is 26.4 Å². The number of ketones is 1. The monoisotopic (exact) mass is 472 g/mol. The molecular weight excluding hydrogens is 424 g/mol.